The van der Waals surface area contributed by atoms with Gasteiger partial charge in [-0.15, -0.1) is 0 Å². The van der Waals surface area contributed by atoms with Gasteiger partial charge in [0.2, 0.25) is 0 Å². The maximum atomic E-state index is 11.1. The zero-order valence-corrected chi connectivity index (χ0v) is 10.6. The van der Waals surface area contributed by atoms with Gasteiger partial charge >= 0.3 is 5.97 Å². The highest BCUT2D eigenvalue weighted by Crippen LogP contribution is 2.16. The lowest BCUT2D eigenvalue weighted by atomic mass is 10.1. The average Bonchev–Trinajstić information content (AvgIpc) is 2.94. The Morgan fingerprint density at radius 2 is 2.11 bits per heavy atom. The minimum absolute atomic E-state index is 0.121. The zero-order valence-electron chi connectivity index (χ0n) is 10.6. The molecule has 96 valence electrons. The number of esters is 1. The van der Waals surface area contributed by atoms with Crippen LogP contribution in [0.3, 0.4) is 0 Å². The van der Waals surface area contributed by atoms with Gasteiger partial charge in [-0.25, -0.2) is 0 Å². The lowest BCUT2D eigenvalue weighted by Crippen LogP contribution is -2.01. The van der Waals surface area contributed by atoms with Crippen LogP contribution in [0.5, 0.6) is 0 Å². The molecule has 4 heteroatoms. The third-order valence-electron chi connectivity index (χ3n) is 2.47. The molecule has 0 saturated carbocycles. The van der Waals surface area contributed by atoms with Gasteiger partial charge in [-0.3, -0.25) is 9.89 Å². The summed E-state index contributed by atoms with van der Waals surface area (Å²) in [4.78, 5) is 11.1. The van der Waals surface area contributed by atoms with Gasteiger partial charge in [-0.05, 0) is 30.7 Å². The van der Waals surface area contributed by atoms with Crippen LogP contribution in [0.2, 0.25) is 0 Å². The monoisotopic (exact) mass is 254 g/mol. The number of ether oxygens (including phenoxy) is 1. The molecule has 4 nitrogen and oxygen atoms in total. The van der Waals surface area contributed by atoms with Gasteiger partial charge < -0.3 is 4.74 Å². The molecule has 1 aromatic heterocycles. The smallest absolute Gasteiger partial charge is 0.317 e. The van der Waals surface area contributed by atoms with Gasteiger partial charge in [-0.1, -0.05) is 24.0 Å². The van der Waals surface area contributed by atoms with Gasteiger partial charge in [0.1, 0.15) is 6.42 Å². The molecule has 1 aromatic carbocycles. The van der Waals surface area contributed by atoms with Crippen LogP contribution in [0, 0.1) is 11.8 Å². The van der Waals surface area contributed by atoms with E-state index < -0.39 is 0 Å². The SMILES string of the molecule is CCOC(=O)CC#Cc1ccc(-c2ccn[nH]2)cc1. The number of aromatic amines is 1. The van der Waals surface area contributed by atoms with Gasteiger partial charge in [0.05, 0.1) is 12.3 Å². The number of aromatic nitrogens is 2. The van der Waals surface area contributed by atoms with Crippen molar-refractivity contribution in [2.24, 2.45) is 0 Å². The minimum Gasteiger partial charge on any atom is -0.465 e. The van der Waals surface area contributed by atoms with Crippen LogP contribution in [-0.4, -0.2) is 22.8 Å². The maximum Gasteiger partial charge on any atom is 0.317 e. The first-order chi connectivity index (χ1) is 9.29. The molecule has 1 heterocycles. The fourth-order valence-electron chi connectivity index (χ4n) is 1.58. The van der Waals surface area contributed by atoms with E-state index in [-0.39, 0.29) is 12.4 Å². The Hall–Kier alpha value is -2.54. The lowest BCUT2D eigenvalue weighted by molar-refractivity contribution is -0.141. The van der Waals surface area contributed by atoms with Crippen LogP contribution in [0.15, 0.2) is 36.5 Å². The number of carbonyl (C=O) groups is 1. The molecule has 2 aromatic rings. The molecule has 0 aliphatic heterocycles. The van der Waals surface area contributed by atoms with Crippen molar-refractivity contribution in [3.05, 3.63) is 42.1 Å². The minimum atomic E-state index is -0.288. The summed E-state index contributed by atoms with van der Waals surface area (Å²) in [6.07, 6.45) is 1.83. The fraction of sp³-hybridized carbons (Fsp3) is 0.200. The summed E-state index contributed by atoms with van der Waals surface area (Å²) >= 11 is 0. The van der Waals surface area contributed by atoms with Crippen molar-refractivity contribution in [2.45, 2.75) is 13.3 Å². The summed E-state index contributed by atoms with van der Waals surface area (Å²) in [6.45, 7) is 2.17. The Labute approximate surface area is 111 Å². The maximum absolute atomic E-state index is 11.1. The van der Waals surface area contributed by atoms with Crippen molar-refractivity contribution >= 4 is 5.97 Å². The van der Waals surface area contributed by atoms with Crippen LogP contribution in [0.1, 0.15) is 18.9 Å². The summed E-state index contributed by atoms with van der Waals surface area (Å²) in [7, 11) is 0. The van der Waals surface area contributed by atoms with E-state index in [0.717, 1.165) is 16.8 Å². The average molecular weight is 254 g/mol. The molecule has 19 heavy (non-hydrogen) atoms. The van der Waals surface area contributed by atoms with Gasteiger partial charge in [-0.2, -0.15) is 5.10 Å². The predicted molar refractivity (Wildman–Crippen MR) is 72.2 cm³/mol. The van der Waals surface area contributed by atoms with Crippen molar-refractivity contribution in [3.8, 4) is 23.1 Å². The molecular formula is C15H14N2O2. The van der Waals surface area contributed by atoms with E-state index in [1.165, 1.54) is 0 Å². The summed E-state index contributed by atoms with van der Waals surface area (Å²) in [5.74, 6) is 5.44. The number of nitrogens with zero attached hydrogens (tertiary/aromatic N) is 1. The molecule has 0 aliphatic rings. The summed E-state index contributed by atoms with van der Waals surface area (Å²) in [5.41, 5.74) is 2.88. The molecule has 0 radical (unpaired) electrons. The lowest BCUT2D eigenvalue weighted by Gasteiger charge is -1.97. The highest BCUT2D eigenvalue weighted by atomic mass is 16.5. The molecule has 0 atom stereocenters. The molecule has 0 bridgehead atoms. The highest BCUT2D eigenvalue weighted by molar-refractivity contribution is 5.72. The topological polar surface area (TPSA) is 55.0 Å². The van der Waals surface area contributed by atoms with E-state index >= 15 is 0 Å². The molecule has 1 N–H and O–H groups in total. The van der Waals surface area contributed by atoms with E-state index in [2.05, 4.69) is 22.0 Å². The highest BCUT2D eigenvalue weighted by Gasteiger charge is 1.98. The number of carbonyl (C=O) groups excluding carboxylic acids is 1. The van der Waals surface area contributed by atoms with Crippen LogP contribution in [-0.2, 0) is 9.53 Å². The predicted octanol–water partition coefficient (Wildman–Crippen LogP) is 2.38. The van der Waals surface area contributed by atoms with E-state index in [0.29, 0.717) is 6.61 Å². The Balaban J connectivity index is 2.00. The number of nitrogens with one attached hydrogen (secondary N) is 1. The number of hydrogen-bond donors (Lipinski definition) is 1. The molecular weight excluding hydrogens is 240 g/mol. The molecule has 0 saturated heterocycles. The second-order valence-corrected chi connectivity index (χ2v) is 3.83. The second-order valence-electron chi connectivity index (χ2n) is 3.83. The van der Waals surface area contributed by atoms with Crippen molar-refractivity contribution in [1.82, 2.24) is 10.2 Å². The van der Waals surface area contributed by atoms with Crippen LogP contribution >= 0.6 is 0 Å². The largest absolute Gasteiger partial charge is 0.465 e. The Morgan fingerprint density at radius 3 is 2.74 bits per heavy atom. The number of benzene rings is 1. The van der Waals surface area contributed by atoms with E-state index in [1.54, 1.807) is 13.1 Å². The molecule has 0 spiro atoms. The van der Waals surface area contributed by atoms with Crippen LogP contribution in [0.25, 0.3) is 11.3 Å². The standard InChI is InChI=1S/C15H14N2O2/c1-2-19-15(18)5-3-4-12-6-8-13(9-7-12)14-10-11-16-17-14/h6-11H,2,5H2,1H3,(H,16,17). The Bertz CT molecular complexity index is 589. The number of hydrogen-bond acceptors (Lipinski definition) is 3. The van der Waals surface area contributed by atoms with E-state index in [1.807, 2.05) is 30.3 Å². The fourth-order valence-corrected chi connectivity index (χ4v) is 1.58. The Morgan fingerprint density at radius 1 is 1.32 bits per heavy atom. The first-order valence-electron chi connectivity index (χ1n) is 6.04. The molecule has 0 fully saturated rings. The summed E-state index contributed by atoms with van der Waals surface area (Å²) < 4.78 is 4.80. The van der Waals surface area contributed by atoms with Gasteiger partial charge in [0, 0.05) is 11.8 Å². The van der Waals surface area contributed by atoms with E-state index in [9.17, 15) is 4.79 Å². The summed E-state index contributed by atoms with van der Waals surface area (Å²) in [6, 6.07) is 9.65. The van der Waals surface area contributed by atoms with Gasteiger partial charge in [0.25, 0.3) is 0 Å². The van der Waals surface area contributed by atoms with Crippen molar-refractivity contribution in [3.63, 3.8) is 0 Å². The van der Waals surface area contributed by atoms with Gasteiger partial charge in [0.15, 0.2) is 0 Å². The first kappa shape index (κ1) is 12.9. The molecule has 0 aliphatic carbocycles. The second kappa shape index (κ2) is 6.41. The molecule has 0 amide bonds. The molecule has 2 rings (SSSR count). The third-order valence-corrected chi connectivity index (χ3v) is 2.47. The van der Waals surface area contributed by atoms with Crippen molar-refractivity contribution in [1.29, 1.82) is 0 Å². The number of rotatable bonds is 3. The van der Waals surface area contributed by atoms with Crippen molar-refractivity contribution in [2.75, 3.05) is 6.61 Å². The Kier molecular flexibility index (Phi) is 4.35. The van der Waals surface area contributed by atoms with Crippen LogP contribution < -0.4 is 0 Å². The summed E-state index contributed by atoms with van der Waals surface area (Å²) in [5, 5.41) is 6.80. The quantitative estimate of drug-likeness (QED) is 0.676. The normalized spacial score (nSPS) is 9.53. The number of H-pyrrole nitrogens is 1. The van der Waals surface area contributed by atoms with Crippen LogP contribution in [0.4, 0.5) is 0 Å². The van der Waals surface area contributed by atoms with Crippen molar-refractivity contribution < 1.29 is 9.53 Å². The van der Waals surface area contributed by atoms with E-state index in [4.69, 9.17) is 4.74 Å². The first-order valence-corrected chi connectivity index (χ1v) is 6.04. The third kappa shape index (κ3) is 3.71. The molecule has 0 unspecified atom stereocenters. The zero-order chi connectivity index (χ0) is 13.5.